The molecule has 0 radical (unpaired) electrons. The lowest BCUT2D eigenvalue weighted by Crippen LogP contribution is -2.54. The van der Waals surface area contributed by atoms with Crippen molar-refractivity contribution in [3.05, 3.63) is 0 Å². The summed E-state index contributed by atoms with van der Waals surface area (Å²) in [7, 11) is 0. The Kier molecular flexibility index (Phi) is 6.11. The first-order valence-electron chi connectivity index (χ1n) is 6.08. The number of carbonyl (C=O) groups is 2. The third kappa shape index (κ3) is 7.11. The second kappa shape index (κ2) is 6.58. The molecular weight excluding hydrogens is 234 g/mol. The predicted octanol–water partition coefficient (Wildman–Crippen LogP) is 1.26. The fourth-order valence-corrected chi connectivity index (χ4v) is 1.27. The molecule has 0 aromatic carbocycles. The average Bonchev–Trinajstić information content (AvgIpc) is 2.11. The number of carbonyl (C=O) groups excluding carboxylic acids is 2. The van der Waals surface area contributed by atoms with Gasteiger partial charge >= 0.3 is 6.09 Å². The summed E-state index contributed by atoms with van der Waals surface area (Å²) in [5.74, 6) is -0.214. The van der Waals surface area contributed by atoms with Crippen molar-refractivity contribution >= 4 is 12.0 Å². The molecule has 0 spiro atoms. The Morgan fingerprint density at radius 2 is 1.78 bits per heavy atom. The fraction of sp³-hybridized carbons (Fsp3) is 0.833. The highest BCUT2D eigenvalue weighted by Gasteiger charge is 2.24. The van der Waals surface area contributed by atoms with E-state index < -0.39 is 23.6 Å². The summed E-state index contributed by atoms with van der Waals surface area (Å²) in [4.78, 5) is 22.8. The highest BCUT2D eigenvalue weighted by atomic mass is 16.6. The average molecular weight is 259 g/mol. The quantitative estimate of drug-likeness (QED) is 0.728. The van der Waals surface area contributed by atoms with E-state index in [9.17, 15) is 9.59 Å². The minimum Gasteiger partial charge on any atom is -0.443 e. The van der Waals surface area contributed by atoms with Crippen molar-refractivity contribution in [2.75, 3.05) is 6.54 Å². The lowest BCUT2D eigenvalue weighted by atomic mass is 10.2. The second-order valence-corrected chi connectivity index (χ2v) is 5.74. The molecule has 0 aliphatic heterocycles. The predicted molar refractivity (Wildman–Crippen MR) is 69.6 cm³/mol. The van der Waals surface area contributed by atoms with E-state index >= 15 is 0 Å². The number of hydrogen-bond donors (Lipinski definition) is 2. The maximum Gasteiger partial charge on any atom is 0.422 e. The van der Waals surface area contributed by atoms with Crippen molar-refractivity contribution in [2.45, 2.75) is 53.2 Å². The van der Waals surface area contributed by atoms with Crippen LogP contribution in [0.25, 0.3) is 0 Å². The first kappa shape index (κ1) is 16.7. The van der Waals surface area contributed by atoms with E-state index in [1.54, 1.807) is 27.7 Å². The normalized spacial score (nSPS) is 13.6. The van der Waals surface area contributed by atoms with Crippen LogP contribution in [0.4, 0.5) is 4.79 Å². The summed E-state index contributed by atoms with van der Waals surface area (Å²) >= 11 is 0. The maximum atomic E-state index is 11.7. The molecule has 1 atom stereocenters. The largest absolute Gasteiger partial charge is 0.443 e. The number of nitrogens with zero attached hydrogens (tertiary/aromatic N) is 1. The Labute approximate surface area is 109 Å². The summed E-state index contributed by atoms with van der Waals surface area (Å²) in [6.45, 7) is 11.4. The molecule has 0 unspecified atom stereocenters. The lowest BCUT2D eigenvalue weighted by molar-refractivity contribution is -0.123. The number of rotatable bonds is 5. The van der Waals surface area contributed by atoms with Crippen molar-refractivity contribution in [1.82, 2.24) is 10.4 Å². The minimum absolute atomic E-state index is 0.279. The van der Waals surface area contributed by atoms with Crippen LogP contribution in [0.1, 0.15) is 41.5 Å². The van der Waals surface area contributed by atoms with Gasteiger partial charge in [0.2, 0.25) is 5.91 Å². The Hall–Kier alpha value is -1.30. The van der Waals surface area contributed by atoms with Gasteiger partial charge in [0, 0.05) is 6.54 Å². The molecule has 6 heteroatoms. The van der Waals surface area contributed by atoms with Crippen LogP contribution in [0.2, 0.25) is 0 Å². The van der Waals surface area contributed by atoms with Crippen LogP contribution < -0.4 is 11.2 Å². The van der Waals surface area contributed by atoms with Crippen LogP contribution in [0.3, 0.4) is 0 Å². The number of primary amides is 1. The van der Waals surface area contributed by atoms with E-state index in [-0.39, 0.29) is 5.92 Å². The van der Waals surface area contributed by atoms with E-state index in [1.165, 1.54) is 5.01 Å². The number of nitrogens with one attached hydrogen (secondary N) is 1. The first-order valence-corrected chi connectivity index (χ1v) is 6.08. The Balaban J connectivity index is 4.59. The van der Waals surface area contributed by atoms with Crippen LogP contribution >= 0.6 is 0 Å². The SMILES string of the molecule is CC(C)CN(NC(=O)OC(C)(C)C)[C@H](C)C(N)=O. The van der Waals surface area contributed by atoms with Crippen LogP contribution in [0, 0.1) is 5.92 Å². The van der Waals surface area contributed by atoms with Gasteiger partial charge in [0.15, 0.2) is 0 Å². The number of hydrogen-bond acceptors (Lipinski definition) is 4. The summed E-state index contributed by atoms with van der Waals surface area (Å²) < 4.78 is 5.14. The zero-order chi connectivity index (χ0) is 14.5. The van der Waals surface area contributed by atoms with Gasteiger partial charge in [0.25, 0.3) is 0 Å². The van der Waals surface area contributed by atoms with Gasteiger partial charge in [-0.2, -0.15) is 0 Å². The van der Waals surface area contributed by atoms with Gasteiger partial charge in [0.05, 0.1) is 0 Å². The van der Waals surface area contributed by atoms with E-state index in [2.05, 4.69) is 5.43 Å². The van der Waals surface area contributed by atoms with Gasteiger partial charge in [-0.05, 0) is 33.6 Å². The van der Waals surface area contributed by atoms with Crippen LogP contribution in [-0.2, 0) is 9.53 Å². The van der Waals surface area contributed by atoms with Crippen molar-refractivity contribution in [3.63, 3.8) is 0 Å². The molecule has 0 heterocycles. The van der Waals surface area contributed by atoms with Gasteiger partial charge in [-0.1, -0.05) is 13.8 Å². The molecule has 6 nitrogen and oxygen atoms in total. The lowest BCUT2D eigenvalue weighted by Gasteiger charge is -2.30. The van der Waals surface area contributed by atoms with E-state index in [0.717, 1.165) is 0 Å². The molecule has 0 aromatic rings. The highest BCUT2D eigenvalue weighted by molar-refractivity contribution is 5.79. The van der Waals surface area contributed by atoms with Crippen LogP contribution in [0.15, 0.2) is 0 Å². The van der Waals surface area contributed by atoms with Crippen LogP contribution in [0.5, 0.6) is 0 Å². The van der Waals surface area contributed by atoms with Crippen molar-refractivity contribution in [2.24, 2.45) is 11.7 Å². The molecular formula is C12H25N3O3. The molecule has 0 rings (SSSR count). The monoisotopic (exact) mass is 259 g/mol. The smallest absolute Gasteiger partial charge is 0.422 e. The molecule has 3 N–H and O–H groups in total. The Morgan fingerprint density at radius 1 is 1.28 bits per heavy atom. The van der Waals surface area contributed by atoms with Gasteiger partial charge < -0.3 is 10.5 Å². The summed E-state index contributed by atoms with van der Waals surface area (Å²) in [6.07, 6.45) is -0.587. The van der Waals surface area contributed by atoms with Gasteiger partial charge in [-0.25, -0.2) is 9.80 Å². The van der Waals surface area contributed by atoms with Crippen molar-refractivity contribution in [3.8, 4) is 0 Å². The fourth-order valence-electron chi connectivity index (χ4n) is 1.27. The molecule has 0 fully saturated rings. The second-order valence-electron chi connectivity index (χ2n) is 5.74. The topological polar surface area (TPSA) is 84.7 Å². The third-order valence-corrected chi connectivity index (χ3v) is 2.07. The minimum atomic E-state index is -0.587. The van der Waals surface area contributed by atoms with Crippen molar-refractivity contribution < 1.29 is 14.3 Å². The maximum absolute atomic E-state index is 11.7. The summed E-state index contributed by atoms with van der Waals surface area (Å²) in [5.41, 5.74) is 7.22. The zero-order valence-electron chi connectivity index (χ0n) is 12.1. The Bertz CT molecular complexity index is 297. The summed E-state index contributed by atoms with van der Waals surface area (Å²) in [6, 6.07) is -0.583. The zero-order valence-corrected chi connectivity index (χ0v) is 12.1. The number of amides is 2. The van der Waals surface area contributed by atoms with Gasteiger partial charge in [0.1, 0.15) is 11.6 Å². The molecule has 2 amide bonds. The molecule has 0 saturated heterocycles. The van der Waals surface area contributed by atoms with Crippen LogP contribution in [-0.4, -0.2) is 35.2 Å². The Morgan fingerprint density at radius 3 is 2.11 bits per heavy atom. The molecule has 0 saturated carbocycles. The number of nitrogens with two attached hydrogens (primary N) is 1. The molecule has 0 bridgehead atoms. The number of ether oxygens (including phenoxy) is 1. The number of hydrazine groups is 1. The van der Waals surface area contributed by atoms with Crippen molar-refractivity contribution in [1.29, 1.82) is 0 Å². The highest BCUT2D eigenvalue weighted by Crippen LogP contribution is 2.08. The van der Waals surface area contributed by atoms with E-state index in [1.807, 2.05) is 13.8 Å². The van der Waals surface area contributed by atoms with Gasteiger partial charge in [-0.3, -0.25) is 10.2 Å². The van der Waals surface area contributed by atoms with E-state index in [4.69, 9.17) is 10.5 Å². The molecule has 18 heavy (non-hydrogen) atoms. The molecule has 0 aliphatic rings. The first-order chi connectivity index (χ1) is 8.03. The standard InChI is InChI=1S/C12H25N3O3/c1-8(2)7-15(9(3)10(13)16)14-11(17)18-12(4,5)6/h8-9H,7H2,1-6H3,(H2,13,16)(H,14,17)/t9-/m1/s1. The van der Waals surface area contributed by atoms with Gasteiger partial charge in [-0.15, -0.1) is 0 Å². The molecule has 0 aromatic heterocycles. The molecule has 0 aliphatic carbocycles. The summed E-state index contributed by atoms with van der Waals surface area (Å²) in [5, 5.41) is 1.50. The molecule has 106 valence electrons. The van der Waals surface area contributed by atoms with E-state index in [0.29, 0.717) is 6.54 Å². The third-order valence-electron chi connectivity index (χ3n) is 2.07.